The lowest BCUT2D eigenvalue weighted by Crippen LogP contribution is -2.26. The maximum atomic E-state index is 12.4. The average Bonchev–Trinajstić information content (AvgIpc) is 2.45. The number of hydrogen-bond acceptors (Lipinski definition) is 4. The molecule has 0 saturated heterocycles. The largest absolute Gasteiger partial charge is 0.399 e. The van der Waals surface area contributed by atoms with Gasteiger partial charge in [-0.1, -0.05) is 0 Å². The standard InChI is InChI=1S/C15H14N4O/c1-19(14-4-2-10(9-16)3-5-14)15(20)11-6-12(17)8-13(18)7-11/h2-8H,17-18H2,1H3. The molecule has 0 radical (unpaired) electrons. The number of carbonyl (C=O) groups is 1. The Morgan fingerprint density at radius 3 is 2.15 bits per heavy atom. The van der Waals surface area contributed by atoms with Crippen LogP contribution in [0, 0.1) is 11.3 Å². The molecular formula is C15H14N4O. The Kier molecular flexibility index (Phi) is 3.58. The average molecular weight is 266 g/mol. The molecule has 0 unspecified atom stereocenters. The Hall–Kier alpha value is -3.00. The van der Waals surface area contributed by atoms with Crippen molar-refractivity contribution in [3.8, 4) is 6.07 Å². The molecule has 0 aliphatic heterocycles. The quantitative estimate of drug-likeness (QED) is 0.812. The molecule has 0 saturated carbocycles. The number of anilines is 3. The Morgan fingerprint density at radius 2 is 1.65 bits per heavy atom. The second-order valence-corrected chi connectivity index (χ2v) is 4.41. The van der Waals surface area contributed by atoms with Gasteiger partial charge in [-0.25, -0.2) is 0 Å². The molecule has 0 aliphatic rings. The van der Waals surface area contributed by atoms with Crippen LogP contribution in [0.2, 0.25) is 0 Å². The first-order chi connectivity index (χ1) is 9.51. The second-order valence-electron chi connectivity index (χ2n) is 4.41. The normalized spacial score (nSPS) is 9.80. The first-order valence-electron chi connectivity index (χ1n) is 5.95. The summed E-state index contributed by atoms with van der Waals surface area (Å²) in [6, 6.07) is 13.5. The molecule has 0 spiro atoms. The van der Waals surface area contributed by atoms with Crippen molar-refractivity contribution >= 4 is 23.0 Å². The zero-order chi connectivity index (χ0) is 14.7. The van der Waals surface area contributed by atoms with Crippen molar-refractivity contribution in [3.05, 3.63) is 53.6 Å². The van der Waals surface area contributed by atoms with E-state index in [0.29, 0.717) is 28.2 Å². The molecule has 0 heterocycles. The minimum Gasteiger partial charge on any atom is -0.399 e. The van der Waals surface area contributed by atoms with Gasteiger partial charge in [0.1, 0.15) is 0 Å². The van der Waals surface area contributed by atoms with Crippen LogP contribution in [0.4, 0.5) is 17.1 Å². The lowest BCUT2D eigenvalue weighted by atomic mass is 10.1. The van der Waals surface area contributed by atoms with Gasteiger partial charge in [-0.2, -0.15) is 5.26 Å². The molecular weight excluding hydrogens is 252 g/mol. The highest BCUT2D eigenvalue weighted by Crippen LogP contribution is 2.19. The lowest BCUT2D eigenvalue weighted by Gasteiger charge is -2.18. The molecule has 2 aromatic carbocycles. The molecule has 1 amide bonds. The first-order valence-corrected chi connectivity index (χ1v) is 5.95. The second kappa shape index (κ2) is 5.33. The minimum absolute atomic E-state index is 0.214. The number of carbonyl (C=O) groups excluding carboxylic acids is 1. The van der Waals surface area contributed by atoms with E-state index in [-0.39, 0.29) is 5.91 Å². The van der Waals surface area contributed by atoms with Crippen LogP contribution < -0.4 is 16.4 Å². The van der Waals surface area contributed by atoms with Gasteiger partial charge in [0.2, 0.25) is 0 Å². The molecule has 0 atom stereocenters. The van der Waals surface area contributed by atoms with E-state index >= 15 is 0 Å². The predicted molar refractivity (Wildman–Crippen MR) is 79.2 cm³/mol. The highest BCUT2D eigenvalue weighted by molar-refractivity contribution is 6.06. The third-order valence-electron chi connectivity index (χ3n) is 2.91. The molecule has 20 heavy (non-hydrogen) atoms. The molecule has 4 N–H and O–H groups in total. The fraction of sp³-hybridized carbons (Fsp3) is 0.0667. The molecule has 2 aromatic rings. The Balaban J connectivity index is 2.29. The van der Waals surface area contributed by atoms with E-state index in [1.165, 1.54) is 4.90 Å². The number of nitrogens with two attached hydrogens (primary N) is 2. The highest BCUT2D eigenvalue weighted by atomic mass is 16.2. The zero-order valence-corrected chi connectivity index (χ0v) is 11.0. The number of nitrogen functional groups attached to an aromatic ring is 2. The topological polar surface area (TPSA) is 96.1 Å². The van der Waals surface area contributed by atoms with Gasteiger partial charge >= 0.3 is 0 Å². The number of rotatable bonds is 2. The maximum Gasteiger partial charge on any atom is 0.258 e. The summed E-state index contributed by atoms with van der Waals surface area (Å²) in [6.07, 6.45) is 0. The summed E-state index contributed by atoms with van der Waals surface area (Å²) in [5, 5.41) is 8.76. The van der Waals surface area contributed by atoms with Crippen LogP contribution >= 0.6 is 0 Å². The van der Waals surface area contributed by atoms with Gasteiger partial charge in [0.05, 0.1) is 11.6 Å². The summed E-state index contributed by atoms with van der Waals surface area (Å²) in [6.45, 7) is 0. The smallest absolute Gasteiger partial charge is 0.258 e. The number of benzene rings is 2. The van der Waals surface area contributed by atoms with Crippen LogP contribution in [0.25, 0.3) is 0 Å². The van der Waals surface area contributed by atoms with Crippen LogP contribution in [-0.4, -0.2) is 13.0 Å². The Labute approximate surface area is 117 Å². The summed E-state index contributed by atoms with van der Waals surface area (Å²) in [4.78, 5) is 13.8. The van der Waals surface area contributed by atoms with Crippen molar-refractivity contribution in [1.82, 2.24) is 0 Å². The van der Waals surface area contributed by atoms with Crippen LogP contribution in [0.3, 0.4) is 0 Å². The third-order valence-corrected chi connectivity index (χ3v) is 2.91. The SMILES string of the molecule is CN(C(=O)c1cc(N)cc(N)c1)c1ccc(C#N)cc1. The van der Waals surface area contributed by atoms with Crippen LogP contribution in [-0.2, 0) is 0 Å². The monoisotopic (exact) mass is 266 g/mol. The van der Waals surface area contributed by atoms with Gasteiger partial charge in [0.25, 0.3) is 5.91 Å². The molecule has 5 nitrogen and oxygen atoms in total. The van der Waals surface area contributed by atoms with Gasteiger partial charge in [0.15, 0.2) is 0 Å². The van der Waals surface area contributed by atoms with Gasteiger partial charge in [-0.05, 0) is 42.5 Å². The van der Waals surface area contributed by atoms with Gasteiger partial charge in [-0.15, -0.1) is 0 Å². The third kappa shape index (κ3) is 2.70. The van der Waals surface area contributed by atoms with E-state index < -0.39 is 0 Å². The molecule has 5 heteroatoms. The molecule has 0 aliphatic carbocycles. The van der Waals surface area contributed by atoms with Crippen LogP contribution in [0.15, 0.2) is 42.5 Å². The minimum atomic E-state index is -0.214. The summed E-state index contributed by atoms with van der Waals surface area (Å²) in [5.74, 6) is -0.214. The van der Waals surface area contributed by atoms with Crippen LogP contribution in [0.1, 0.15) is 15.9 Å². The molecule has 100 valence electrons. The van der Waals surface area contributed by atoms with Crippen molar-refractivity contribution < 1.29 is 4.79 Å². The fourth-order valence-corrected chi connectivity index (χ4v) is 1.87. The lowest BCUT2D eigenvalue weighted by molar-refractivity contribution is 0.0993. The van der Waals surface area contributed by atoms with E-state index in [2.05, 4.69) is 0 Å². The van der Waals surface area contributed by atoms with Crippen LogP contribution in [0.5, 0.6) is 0 Å². The molecule has 0 aromatic heterocycles. The molecule has 2 rings (SSSR count). The number of hydrogen-bond donors (Lipinski definition) is 2. The van der Waals surface area contributed by atoms with Crippen molar-refractivity contribution in [2.45, 2.75) is 0 Å². The van der Waals surface area contributed by atoms with Crippen molar-refractivity contribution in [2.75, 3.05) is 23.4 Å². The number of nitriles is 1. The molecule has 0 bridgehead atoms. The van der Waals surface area contributed by atoms with E-state index in [1.807, 2.05) is 6.07 Å². The number of amides is 1. The highest BCUT2D eigenvalue weighted by Gasteiger charge is 2.14. The van der Waals surface area contributed by atoms with Crippen molar-refractivity contribution in [1.29, 1.82) is 5.26 Å². The summed E-state index contributed by atoms with van der Waals surface area (Å²) < 4.78 is 0. The summed E-state index contributed by atoms with van der Waals surface area (Å²) >= 11 is 0. The van der Waals surface area contributed by atoms with E-state index in [1.54, 1.807) is 49.5 Å². The predicted octanol–water partition coefficient (Wildman–Crippen LogP) is 2.00. The van der Waals surface area contributed by atoms with E-state index in [9.17, 15) is 4.79 Å². The zero-order valence-electron chi connectivity index (χ0n) is 11.0. The van der Waals surface area contributed by atoms with Crippen molar-refractivity contribution in [2.24, 2.45) is 0 Å². The molecule has 0 fully saturated rings. The summed E-state index contributed by atoms with van der Waals surface area (Å²) in [7, 11) is 1.66. The first kappa shape index (κ1) is 13.4. The Bertz CT molecular complexity index is 666. The van der Waals surface area contributed by atoms with E-state index in [0.717, 1.165) is 0 Å². The van der Waals surface area contributed by atoms with E-state index in [4.69, 9.17) is 16.7 Å². The number of nitrogens with zero attached hydrogens (tertiary/aromatic N) is 2. The van der Waals surface area contributed by atoms with Gasteiger partial charge in [-0.3, -0.25) is 4.79 Å². The van der Waals surface area contributed by atoms with Gasteiger partial charge in [0, 0.05) is 29.7 Å². The van der Waals surface area contributed by atoms with Gasteiger partial charge < -0.3 is 16.4 Å². The fourth-order valence-electron chi connectivity index (χ4n) is 1.87. The maximum absolute atomic E-state index is 12.4. The van der Waals surface area contributed by atoms with Crippen molar-refractivity contribution in [3.63, 3.8) is 0 Å². The summed E-state index contributed by atoms with van der Waals surface area (Å²) in [5.41, 5.74) is 13.9. The Morgan fingerprint density at radius 1 is 1.10 bits per heavy atom.